The number of hydrogen-bond acceptors (Lipinski definition) is 5. The molecule has 1 saturated carbocycles. The minimum absolute atomic E-state index is 0.00316. The van der Waals surface area contributed by atoms with E-state index in [9.17, 15) is 9.59 Å². The molecule has 0 atom stereocenters. The normalized spacial score (nSPS) is 13.6. The molecule has 146 valence electrons. The minimum Gasteiger partial charge on any atom is -0.354 e. The van der Waals surface area contributed by atoms with E-state index in [4.69, 9.17) is 0 Å². The van der Waals surface area contributed by atoms with E-state index < -0.39 is 0 Å². The second kappa shape index (κ2) is 8.79. The van der Waals surface area contributed by atoms with Crippen molar-refractivity contribution in [2.24, 2.45) is 0 Å². The number of carbonyl (C=O) groups is 1. The summed E-state index contributed by atoms with van der Waals surface area (Å²) < 4.78 is 3.29. The molecule has 1 aliphatic rings. The van der Waals surface area contributed by atoms with Crippen LogP contribution in [0.5, 0.6) is 0 Å². The van der Waals surface area contributed by atoms with E-state index in [0.29, 0.717) is 19.5 Å². The lowest BCUT2D eigenvalue weighted by Gasteiger charge is -2.05. The average molecular weight is 415 g/mol. The van der Waals surface area contributed by atoms with E-state index in [0.717, 1.165) is 34.2 Å². The molecule has 6 nitrogen and oxygen atoms in total. The molecule has 28 heavy (non-hydrogen) atoms. The van der Waals surface area contributed by atoms with Crippen molar-refractivity contribution >= 4 is 29.0 Å². The van der Waals surface area contributed by atoms with Crippen molar-refractivity contribution in [1.29, 1.82) is 0 Å². The van der Waals surface area contributed by atoms with Crippen molar-refractivity contribution in [3.05, 3.63) is 58.3 Å². The predicted octanol–water partition coefficient (Wildman–Crippen LogP) is 3.41. The van der Waals surface area contributed by atoms with Crippen molar-refractivity contribution in [2.75, 3.05) is 12.3 Å². The highest BCUT2D eigenvalue weighted by atomic mass is 32.2. The molecule has 1 fully saturated rings. The van der Waals surface area contributed by atoms with Gasteiger partial charge in [-0.2, -0.15) is 0 Å². The Kier molecular flexibility index (Phi) is 5.97. The lowest BCUT2D eigenvalue weighted by molar-refractivity contribution is -0.120. The lowest BCUT2D eigenvalue weighted by Crippen LogP contribution is -2.32. The van der Waals surface area contributed by atoms with Crippen LogP contribution in [-0.4, -0.2) is 32.6 Å². The molecule has 0 saturated heterocycles. The first kappa shape index (κ1) is 19.0. The van der Waals surface area contributed by atoms with Crippen molar-refractivity contribution in [2.45, 2.75) is 36.7 Å². The molecule has 0 aliphatic heterocycles. The molecule has 0 bridgehead atoms. The smallest absolute Gasteiger partial charge is 0.346 e. The molecule has 2 heterocycles. The maximum atomic E-state index is 12.7. The van der Waals surface area contributed by atoms with E-state index >= 15 is 0 Å². The topological polar surface area (TPSA) is 68.9 Å². The van der Waals surface area contributed by atoms with Crippen molar-refractivity contribution in [3.8, 4) is 10.7 Å². The van der Waals surface area contributed by atoms with Gasteiger partial charge in [0.05, 0.1) is 11.4 Å². The summed E-state index contributed by atoms with van der Waals surface area (Å²) in [6.45, 7) is 0.787. The van der Waals surface area contributed by atoms with Gasteiger partial charge in [-0.25, -0.2) is 9.48 Å². The monoisotopic (exact) mass is 414 g/mol. The van der Waals surface area contributed by atoms with E-state index in [1.54, 1.807) is 23.1 Å². The Balaban J connectivity index is 1.30. The van der Waals surface area contributed by atoms with Gasteiger partial charge in [0.25, 0.3) is 0 Å². The van der Waals surface area contributed by atoms with Gasteiger partial charge in [-0.3, -0.25) is 9.36 Å². The number of aromatic nitrogens is 3. The van der Waals surface area contributed by atoms with Gasteiger partial charge in [0.1, 0.15) is 0 Å². The molecule has 2 aromatic heterocycles. The zero-order chi connectivity index (χ0) is 19.3. The van der Waals surface area contributed by atoms with Crippen LogP contribution in [0.15, 0.2) is 57.5 Å². The average Bonchev–Trinajstić information content (AvgIpc) is 3.28. The number of nitrogens with one attached hydrogen (secondary N) is 1. The Morgan fingerprint density at radius 2 is 2.04 bits per heavy atom. The van der Waals surface area contributed by atoms with E-state index in [1.807, 2.05) is 52.4 Å². The lowest BCUT2D eigenvalue weighted by atomic mass is 10.4. The predicted molar refractivity (Wildman–Crippen MR) is 113 cm³/mol. The molecule has 8 heteroatoms. The molecular formula is C20H22N4O2S2. The highest BCUT2D eigenvalue weighted by molar-refractivity contribution is 7.99. The summed E-state index contributed by atoms with van der Waals surface area (Å²) in [5, 5.41) is 9.42. The SMILES string of the molecule is O=C(CCSc1ccccc1)NCCn1nc(-c2cccs2)n(C2CC2)c1=O. The quantitative estimate of drug-likeness (QED) is 0.545. The van der Waals surface area contributed by atoms with Gasteiger partial charge < -0.3 is 5.32 Å². The zero-order valence-electron chi connectivity index (χ0n) is 15.4. The summed E-state index contributed by atoms with van der Waals surface area (Å²) in [6, 6.07) is 14.3. The third-order valence-corrected chi connectivity index (χ3v) is 6.39. The summed E-state index contributed by atoms with van der Waals surface area (Å²) in [5.41, 5.74) is -0.0835. The third kappa shape index (κ3) is 4.56. The number of thiophene rings is 1. The van der Waals surface area contributed by atoms with E-state index in [1.165, 1.54) is 4.68 Å². The number of thioether (sulfide) groups is 1. The van der Waals surface area contributed by atoms with Crippen LogP contribution >= 0.6 is 23.1 Å². The van der Waals surface area contributed by atoms with Crippen LogP contribution in [0.25, 0.3) is 10.7 Å². The summed E-state index contributed by atoms with van der Waals surface area (Å²) >= 11 is 3.25. The molecular weight excluding hydrogens is 392 g/mol. The molecule has 1 aromatic carbocycles. The van der Waals surface area contributed by atoms with E-state index in [2.05, 4.69) is 10.4 Å². The first-order valence-corrected chi connectivity index (χ1v) is 11.3. The summed E-state index contributed by atoms with van der Waals surface area (Å²) in [6.07, 6.45) is 2.50. The van der Waals surface area contributed by atoms with Gasteiger partial charge >= 0.3 is 5.69 Å². The fourth-order valence-electron chi connectivity index (χ4n) is 2.97. The zero-order valence-corrected chi connectivity index (χ0v) is 17.0. The highest BCUT2D eigenvalue weighted by Gasteiger charge is 2.30. The number of hydrogen-bond donors (Lipinski definition) is 1. The van der Waals surface area contributed by atoms with E-state index in [-0.39, 0.29) is 17.6 Å². The molecule has 4 rings (SSSR count). The number of benzene rings is 1. The van der Waals surface area contributed by atoms with Gasteiger partial charge in [-0.05, 0) is 36.4 Å². The maximum Gasteiger partial charge on any atom is 0.346 e. The molecule has 0 radical (unpaired) electrons. The van der Waals surface area contributed by atoms with Crippen LogP contribution < -0.4 is 11.0 Å². The maximum absolute atomic E-state index is 12.7. The molecule has 1 N–H and O–H groups in total. The summed E-state index contributed by atoms with van der Waals surface area (Å²) in [7, 11) is 0. The summed E-state index contributed by atoms with van der Waals surface area (Å²) in [5.74, 6) is 1.47. The highest BCUT2D eigenvalue weighted by Crippen LogP contribution is 2.37. The minimum atomic E-state index is -0.0835. The second-order valence-electron chi connectivity index (χ2n) is 6.67. The molecule has 1 amide bonds. The third-order valence-electron chi connectivity index (χ3n) is 4.51. The molecule has 0 spiro atoms. The molecule has 3 aromatic rings. The van der Waals surface area contributed by atoms with Crippen LogP contribution in [0.2, 0.25) is 0 Å². The van der Waals surface area contributed by atoms with Crippen LogP contribution in [-0.2, 0) is 11.3 Å². The van der Waals surface area contributed by atoms with Crippen LogP contribution in [0.3, 0.4) is 0 Å². The molecule has 0 unspecified atom stereocenters. The second-order valence-corrected chi connectivity index (χ2v) is 8.79. The summed E-state index contributed by atoms with van der Waals surface area (Å²) in [4.78, 5) is 26.9. The number of nitrogens with zero attached hydrogens (tertiary/aromatic N) is 3. The van der Waals surface area contributed by atoms with Crippen molar-refractivity contribution in [1.82, 2.24) is 19.7 Å². The van der Waals surface area contributed by atoms with Crippen LogP contribution in [0, 0.1) is 0 Å². The largest absolute Gasteiger partial charge is 0.354 e. The molecule has 1 aliphatic carbocycles. The van der Waals surface area contributed by atoms with Crippen LogP contribution in [0.1, 0.15) is 25.3 Å². The van der Waals surface area contributed by atoms with Crippen molar-refractivity contribution in [3.63, 3.8) is 0 Å². The number of carbonyl (C=O) groups excluding carboxylic acids is 1. The Hall–Kier alpha value is -2.32. The number of amides is 1. The van der Waals surface area contributed by atoms with Crippen LogP contribution in [0.4, 0.5) is 0 Å². The fraction of sp³-hybridized carbons (Fsp3) is 0.350. The Morgan fingerprint density at radius 3 is 2.75 bits per heavy atom. The Labute approximate surface area is 171 Å². The van der Waals surface area contributed by atoms with Crippen molar-refractivity contribution < 1.29 is 4.79 Å². The van der Waals surface area contributed by atoms with Gasteiger partial charge in [0.15, 0.2) is 5.82 Å². The fourth-order valence-corrected chi connectivity index (χ4v) is 4.55. The van der Waals surface area contributed by atoms with Gasteiger partial charge in [-0.15, -0.1) is 28.2 Å². The standard InChI is InChI=1S/C20H22N4O2S2/c25-18(10-14-27-16-5-2-1-3-6-16)21-11-12-23-20(26)24(15-8-9-15)19(22-23)17-7-4-13-28-17/h1-7,13,15H,8-12,14H2,(H,21,25). The van der Waals surface area contributed by atoms with Gasteiger partial charge in [0.2, 0.25) is 5.91 Å². The first-order valence-electron chi connectivity index (χ1n) is 9.40. The Morgan fingerprint density at radius 1 is 1.21 bits per heavy atom. The van der Waals surface area contributed by atoms with Gasteiger partial charge in [-0.1, -0.05) is 24.3 Å². The first-order chi connectivity index (χ1) is 13.7. The Bertz CT molecular complexity index is 976. The van der Waals surface area contributed by atoms with Gasteiger partial charge in [0, 0.05) is 29.7 Å². The number of rotatable bonds is 9.